The molecule has 0 unspecified atom stereocenters. The average Bonchev–Trinajstić information content (AvgIpc) is 2.79. The lowest BCUT2D eigenvalue weighted by molar-refractivity contribution is -0.134. The Balaban J connectivity index is 1.40. The van der Waals surface area contributed by atoms with E-state index < -0.39 is 0 Å². The van der Waals surface area contributed by atoms with Gasteiger partial charge in [-0.25, -0.2) is 0 Å². The molecule has 6 heteroatoms. The molecule has 0 bridgehead atoms. The van der Waals surface area contributed by atoms with E-state index in [1.165, 1.54) is 5.56 Å². The zero-order valence-corrected chi connectivity index (χ0v) is 18.9. The topological polar surface area (TPSA) is 64.6 Å². The van der Waals surface area contributed by atoms with Crippen LogP contribution in [-0.2, 0) is 4.79 Å². The minimum absolute atomic E-state index is 0.239. The summed E-state index contributed by atoms with van der Waals surface area (Å²) in [6, 6.07) is 21.2. The first kappa shape index (κ1) is 23.4. The summed E-state index contributed by atoms with van der Waals surface area (Å²) >= 11 is 5.85. The molecule has 0 aliphatic carbocycles. The van der Waals surface area contributed by atoms with Crippen molar-refractivity contribution in [1.82, 2.24) is 0 Å². The summed E-state index contributed by atoms with van der Waals surface area (Å²) < 4.78 is 11.0. The molecule has 0 aromatic heterocycles. The Labute approximate surface area is 193 Å². The summed E-state index contributed by atoms with van der Waals surface area (Å²) in [5, 5.41) is 3.38. The van der Waals surface area contributed by atoms with Crippen LogP contribution in [0.4, 0.5) is 5.69 Å². The number of halogens is 1. The summed E-state index contributed by atoms with van der Waals surface area (Å²) in [4.78, 5) is 24.4. The zero-order valence-electron chi connectivity index (χ0n) is 18.1. The van der Waals surface area contributed by atoms with Gasteiger partial charge < -0.3 is 14.8 Å². The van der Waals surface area contributed by atoms with Gasteiger partial charge in [0.2, 0.25) is 0 Å². The lowest BCUT2D eigenvalue weighted by atomic mass is 10.0. The Morgan fingerprint density at radius 1 is 0.875 bits per heavy atom. The van der Waals surface area contributed by atoms with Crippen molar-refractivity contribution in [2.45, 2.75) is 32.6 Å². The summed E-state index contributed by atoms with van der Waals surface area (Å²) in [6.45, 7) is 4.72. The van der Waals surface area contributed by atoms with Gasteiger partial charge in [0.15, 0.2) is 0 Å². The van der Waals surface area contributed by atoms with Crippen LogP contribution in [0.15, 0.2) is 72.8 Å². The fraction of sp³-hybridized carbons (Fsp3) is 0.231. The molecule has 32 heavy (non-hydrogen) atoms. The van der Waals surface area contributed by atoms with Crippen LogP contribution in [0.5, 0.6) is 11.5 Å². The van der Waals surface area contributed by atoms with E-state index in [9.17, 15) is 9.59 Å². The largest absolute Gasteiger partial charge is 0.494 e. The number of hydrogen-bond donors (Lipinski definition) is 1. The molecule has 5 nitrogen and oxygen atoms in total. The molecule has 0 spiro atoms. The molecule has 0 saturated heterocycles. The summed E-state index contributed by atoms with van der Waals surface area (Å²) in [7, 11) is 0. The van der Waals surface area contributed by atoms with E-state index in [1.807, 2.05) is 24.3 Å². The van der Waals surface area contributed by atoms with E-state index >= 15 is 0 Å². The number of esters is 1. The highest BCUT2D eigenvalue weighted by atomic mass is 35.5. The first-order valence-corrected chi connectivity index (χ1v) is 10.9. The predicted octanol–water partition coefficient (Wildman–Crippen LogP) is 6.48. The van der Waals surface area contributed by atoms with Crippen LogP contribution in [0.2, 0.25) is 5.02 Å². The Morgan fingerprint density at radius 3 is 2.12 bits per heavy atom. The van der Waals surface area contributed by atoms with Crippen molar-refractivity contribution in [3.8, 4) is 11.5 Å². The maximum atomic E-state index is 12.3. The standard InChI is InChI=1S/C26H26ClNO4/c1-18(2)19-5-13-23(14-6-19)31-17-3-4-25(29)32-24-15-7-20(8-16-24)26(30)28-22-11-9-21(27)10-12-22/h5-16,18H,3-4,17H2,1-2H3,(H,28,30). The fourth-order valence-corrected chi connectivity index (χ4v) is 3.07. The van der Waals surface area contributed by atoms with Crippen molar-refractivity contribution in [1.29, 1.82) is 0 Å². The number of rotatable bonds is 9. The van der Waals surface area contributed by atoms with Crippen LogP contribution in [0.1, 0.15) is 48.5 Å². The van der Waals surface area contributed by atoms with Gasteiger partial charge in [-0.3, -0.25) is 9.59 Å². The van der Waals surface area contributed by atoms with E-state index in [4.69, 9.17) is 21.1 Å². The summed E-state index contributed by atoms with van der Waals surface area (Å²) in [5.41, 5.74) is 2.36. The maximum absolute atomic E-state index is 12.3. The third kappa shape index (κ3) is 7.13. The first-order valence-electron chi connectivity index (χ1n) is 10.5. The smallest absolute Gasteiger partial charge is 0.311 e. The van der Waals surface area contributed by atoms with Gasteiger partial charge >= 0.3 is 5.97 Å². The quantitative estimate of drug-likeness (QED) is 0.230. The minimum atomic E-state index is -0.345. The molecular formula is C26H26ClNO4. The molecule has 0 heterocycles. The zero-order chi connectivity index (χ0) is 22.9. The molecule has 0 aliphatic rings. The van der Waals surface area contributed by atoms with Gasteiger partial charge in [-0.1, -0.05) is 37.6 Å². The van der Waals surface area contributed by atoms with Gasteiger partial charge in [0.25, 0.3) is 5.91 Å². The number of carbonyl (C=O) groups excluding carboxylic acids is 2. The molecule has 0 atom stereocenters. The number of amides is 1. The second-order valence-corrected chi connectivity index (χ2v) is 8.07. The molecule has 3 aromatic carbocycles. The van der Waals surface area contributed by atoms with E-state index in [2.05, 4.69) is 19.2 Å². The SMILES string of the molecule is CC(C)c1ccc(OCCCC(=O)Oc2ccc(C(=O)Nc3ccc(Cl)cc3)cc2)cc1. The molecule has 3 rings (SSSR count). The highest BCUT2D eigenvalue weighted by Crippen LogP contribution is 2.19. The third-order valence-electron chi connectivity index (χ3n) is 4.79. The van der Waals surface area contributed by atoms with Crippen LogP contribution in [0.25, 0.3) is 0 Å². The Bertz CT molecular complexity index is 1030. The molecule has 1 amide bonds. The Morgan fingerprint density at radius 2 is 1.50 bits per heavy atom. The van der Waals surface area contributed by atoms with Crippen LogP contribution in [0.3, 0.4) is 0 Å². The normalized spacial score (nSPS) is 10.6. The van der Waals surface area contributed by atoms with Gasteiger partial charge in [-0.2, -0.15) is 0 Å². The fourth-order valence-electron chi connectivity index (χ4n) is 2.95. The van der Waals surface area contributed by atoms with E-state index in [0.29, 0.717) is 41.0 Å². The molecule has 166 valence electrons. The van der Waals surface area contributed by atoms with Gasteiger partial charge in [-0.05, 0) is 78.6 Å². The van der Waals surface area contributed by atoms with Crippen molar-refractivity contribution in [2.24, 2.45) is 0 Å². The molecule has 0 radical (unpaired) electrons. The number of nitrogens with one attached hydrogen (secondary N) is 1. The number of hydrogen-bond acceptors (Lipinski definition) is 4. The van der Waals surface area contributed by atoms with Gasteiger partial charge in [0, 0.05) is 22.7 Å². The summed E-state index contributed by atoms with van der Waals surface area (Å²) in [6.07, 6.45) is 0.787. The Hall–Kier alpha value is -3.31. The van der Waals surface area contributed by atoms with Crippen LogP contribution >= 0.6 is 11.6 Å². The molecule has 0 saturated carbocycles. The molecule has 3 aromatic rings. The predicted molar refractivity (Wildman–Crippen MR) is 127 cm³/mol. The maximum Gasteiger partial charge on any atom is 0.311 e. The van der Waals surface area contributed by atoms with Gasteiger partial charge in [-0.15, -0.1) is 0 Å². The second-order valence-electron chi connectivity index (χ2n) is 7.64. The number of ether oxygens (including phenoxy) is 2. The molecule has 1 N–H and O–H groups in total. The first-order chi connectivity index (χ1) is 15.4. The number of carbonyl (C=O) groups is 2. The lowest BCUT2D eigenvalue weighted by Crippen LogP contribution is -2.12. The van der Waals surface area contributed by atoms with Crippen molar-refractivity contribution in [3.05, 3.63) is 88.9 Å². The van der Waals surface area contributed by atoms with Crippen molar-refractivity contribution < 1.29 is 19.1 Å². The third-order valence-corrected chi connectivity index (χ3v) is 5.04. The lowest BCUT2D eigenvalue weighted by Gasteiger charge is -2.09. The highest BCUT2D eigenvalue weighted by molar-refractivity contribution is 6.30. The minimum Gasteiger partial charge on any atom is -0.494 e. The van der Waals surface area contributed by atoms with E-state index in [0.717, 1.165) is 5.75 Å². The van der Waals surface area contributed by atoms with Crippen molar-refractivity contribution in [3.63, 3.8) is 0 Å². The number of anilines is 1. The van der Waals surface area contributed by atoms with Crippen LogP contribution in [0, 0.1) is 0 Å². The van der Waals surface area contributed by atoms with Crippen molar-refractivity contribution in [2.75, 3.05) is 11.9 Å². The Kier molecular flexibility index (Phi) is 8.28. The summed E-state index contributed by atoms with van der Waals surface area (Å²) in [5.74, 6) is 1.05. The van der Waals surface area contributed by atoms with Crippen molar-refractivity contribution >= 4 is 29.2 Å². The molecule has 0 fully saturated rings. The van der Waals surface area contributed by atoms with E-state index in [1.54, 1.807) is 48.5 Å². The number of benzene rings is 3. The van der Waals surface area contributed by atoms with Crippen LogP contribution in [-0.4, -0.2) is 18.5 Å². The molecule has 0 aliphatic heterocycles. The average molecular weight is 452 g/mol. The van der Waals surface area contributed by atoms with E-state index in [-0.39, 0.29) is 18.3 Å². The van der Waals surface area contributed by atoms with Crippen LogP contribution < -0.4 is 14.8 Å². The highest BCUT2D eigenvalue weighted by Gasteiger charge is 2.09. The second kappa shape index (κ2) is 11.3. The van der Waals surface area contributed by atoms with Gasteiger partial charge in [0.05, 0.1) is 6.61 Å². The van der Waals surface area contributed by atoms with Gasteiger partial charge in [0.1, 0.15) is 11.5 Å². The monoisotopic (exact) mass is 451 g/mol. The molecular weight excluding hydrogens is 426 g/mol.